The molecular weight excluding hydrogens is 354 g/mol. The number of rotatable bonds is 5. The first-order chi connectivity index (χ1) is 12.9. The molecular formula is C18H17N3O6. The number of benzene rings is 1. The van der Waals surface area contributed by atoms with Crippen LogP contribution in [0.2, 0.25) is 0 Å². The summed E-state index contributed by atoms with van der Waals surface area (Å²) in [5.41, 5.74) is -0.837. The van der Waals surface area contributed by atoms with Gasteiger partial charge in [0.15, 0.2) is 17.1 Å². The Balaban J connectivity index is 2.40. The first-order valence-corrected chi connectivity index (χ1v) is 8.04. The Hall–Kier alpha value is -3.62. The minimum Gasteiger partial charge on any atom is -0.493 e. The standard InChI is InChI=1S/C18H17N3O6/c1-4-21-15-14(16(22)20-18(21)25)10(17(23)24)8-11(19-15)9-5-6-12(26-2)13(7-9)27-3/h5-8H,4H2,1-3H3,(H,23,24)(H,20,22,25). The molecule has 3 rings (SSSR count). The minimum absolute atomic E-state index is 0.0101. The molecule has 27 heavy (non-hydrogen) atoms. The predicted octanol–water partition coefficient (Wildman–Crippen LogP) is 1.49. The van der Waals surface area contributed by atoms with E-state index in [1.165, 1.54) is 24.9 Å². The smallest absolute Gasteiger partial charge is 0.336 e. The van der Waals surface area contributed by atoms with E-state index in [0.29, 0.717) is 17.1 Å². The molecule has 0 atom stereocenters. The van der Waals surface area contributed by atoms with Crippen molar-refractivity contribution < 1.29 is 19.4 Å². The summed E-state index contributed by atoms with van der Waals surface area (Å²) in [7, 11) is 2.98. The normalized spacial score (nSPS) is 10.8. The highest BCUT2D eigenvalue weighted by molar-refractivity contribution is 6.02. The molecule has 0 radical (unpaired) electrons. The Kier molecular flexibility index (Phi) is 4.68. The molecule has 0 unspecified atom stereocenters. The Bertz CT molecular complexity index is 1160. The van der Waals surface area contributed by atoms with Crippen molar-refractivity contribution in [3.63, 3.8) is 0 Å². The second kappa shape index (κ2) is 6.94. The lowest BCUT2D eigenvalue weighted by molar-refractivity contribution is 0.0699. The quantitative estimate of drug-likeness (QED) is 0.696. The molecule has 0 bridgehead atoms. The lowest BCUT2D eigenvalue weighted by Gasteiger charge is -2.12. The van der Waals surface area contributed by atoms with E-state index in [4.69, 9.17) is 9.47 Å². The van der Waals surface area contributed by atoms with Crippen LogP contribution in [0.5, 0.6) is 11.5 Å². The zero-order valence-corrected chi connectivity index (χ0v) is 14.9. The van der Waals surface area contributed by atoms with E-state index >= 15 is 0 Å². The molecule has 0 aliphatic rings. The number of aromatic carboxylic acids is 1. The van der Waals surface area contributed by atoms with E-state index in [1.807, 2.05) is 0 Å². The third-order valence-electron chi connectivity index (χ3n) is 4.17. The summed E-state index contributed by atoms with van der Waals surface area (Å²) in [5, 5.41) is 9.44. The summed E-state index contributed by atoms with van der Waals surface area (Å²) >= 11 is 0. The van der Waals surface area contributed by atoms with Gasteiger partial charge in [0, 0.05) is 12.1 Å². The topological polar surface area (TPSA) is 124 Å². The molecule has 1 aromatic carbocycles. The number of nitrogens with one attached hydrogen (secondary N) is 1. The molecule has 0 spiro atoms. The maximum Gasteiger partial charge on any atom is 0.336 e. The van der Waals surface area contributed by atoms with E-state index in [2.05, 4.69) is 9.97 Å². The summed E-state index contributed by atoms with van der Waals surface area (Å²) in [4.78, 5) is 42.6. The van der Waals surface area contributed by atoms with Crippen LogP contribution in [0.1, 0.15) is 17.3 Å². The molecule has 2 heterocycles. The van der Waals surface area contributed by atoms with E-state index in [9.17, 15) is 19.5 Å². The van der Waals surface area contributed by atoms with Gasteiger partial charge in [0.2, 0.25) is 0 Å². The third-order valence-corrected chi connectivity index (χ3v) is 4.17. The van der Waals surface area contributed by atoms with Crippen LogP contribution in [0.4, 0.5) is 0 Å². The average Bonchev–Trinajstić information content (AvgIpc) is 2.66. The molecule has 9 heteroatoms. The number of H-pyrrole nitrogens is 1. The zero-order valence-electron chi connectivity index (χ0n) is 14.9. The number of aryl methyl sites for hydroxylation is 1. The lowest BCUT2D eigenvalue weighted by atomic mass is 10.1. The number of hydrogen-bond donors (Lipinski definition) is 2. The van der Waals surface area contributed by atoms with Gasteiger partial charge in [-0.25, -0.2) is 14.6 Å². The van der Waals surface area contributed by atoms with E-state index in [-0.39, 0.29) is 28.8 Å². The van der Waals surface area contributed by atoms with Crippen LogP contribution < -0.4 is 20.7 Å². The van der Waals surface area contributed by atoms with Gasteiger partial charge >= 0.3 is 11.7 Å². The maximum atomic E-state index is 12.2. The number of pyridine rings is 1. The van der Waals surface area contributed by atoms with E-state index < -0.39 is 17.2 Å². The fourth-order valence-electron chi connectivity index (χ4n) is 2.88. The number of hydrogen-bond acceptors (Lipinski definition) is 6. The van der Waals surface area contributed by atoms with Crippen molar-refractivity contribution in [2.24, 2.45) is 0 Å². The Morgan fingerprint density at radius 2 is 1.89 bits per heavy atom. The number of fused-ring (bicyclic) bond motifs is 1. The number of methoxy groups -OCH3 is 2. The molecule has 0 saturated carbocycles. The number of aromatic nitrogens is 3. The molecule has 3 aromatic rings. The first-order valence-electron chi connectivity index (χ1n) is 8.04. The summed E-state index contributed by atoms with van der Waals surface area (Å²) in [5.74, 6) is -0.356. The molecule has 140 valence electrons. The van der Waals surface area contributed by atoms with Crippen molar-refractivity contribution in [2.45, 2.75) is 13.5 Å². The molecule has 0 saturated heterocycles. The number of nitrogens with zero attached hydrogens (tertiary/aromatic N) is 2. The van der Waals surface area contributed by atoms with Crippen LogP contribution in [-0.4, -0.2) is 39.8 Å². The fourth-order valence-corrected chi connectivity index (χ4v) is 2.88. The molecule has 2 aromatic heterocycles. The van der Waals surface area contributed by atoms with Crippen molar-refractivity contribution in [2.75, 3.05) is 14.2 Å². The molecule has 0 aliphatic heterocycles. The number of ether oxygens (including phenoxy) is 2. The van der Waals surface area contributed by atoms with Gasteiger partial charge in [0.25, 0.3) is 5.56 Å². The number of carbonyl (C=O) groups is 1. The highest BCUT2D eigenvalue weighted by atomic mass is 16.5. The first kappa shape index (κ1) is 18.2. The van der Waals surface area contributed by atoms with Gasteiger partial charge in [0.1, 0.15) is 0 Å². The molecule has 0 aliphatic carbocycles. The average molecular weight is 371 g/mol. The van der Waals surface area contributed by atoms with Gasteiger partial charge in [-0.15, -0.1) is 0 Å². The van der Waals surface area contributed by atoms with Gasteiger partial charge in [-0.05, 0) is 31.2 Å². The zero-order chi connectivity index (χ0) is 19.7. The number of carboxylic acid groups (broad SMARTS) is 1. The van der Waals surface area contributed by atoms with Crippen molar-refractivity contribution in [1.29, 1.82) is 0 Å². The third kappa shape index (κ3) is 3.03. The monoisotopic (exact) mass is 371 g/mol. The second-order valence-corrected chi connectivity index (χ2v) is 5.63. The summed E-state index contributed by atoms with van der Waals surface area (Å²) in [6.45, 7) is 1.91. The summed E-state index contributed by atoms with van der Waals surface area (Å²) < 4.78 is 11.7. The van der Waals surface area contributed by atoms with Crippen molar-refractivity contribution in [1.82, 2.24) is 14.5 Å². The largest absolute Gasteiger partial charge is 0.493 e. The van der Waals surface area contributed by atoms with Crippen LogP contribution in [0.25, 0.3) is 22.3 Å². The second-order valence-electron chi connectivity index (χ2n) is 5.63. The van der Waals surface area contributed by atoms with Gasteiger partial charge in [-0.1, -0.05) is 0 Å². The van der Waals surface area contributed by atoms with Gasteiger partial charge in [-0.2, -0.15) is 0 Å². The Morgan fingerprint density at radius 3 is 2.48 bits per heavy atom. The molecule has 9 nitrogen and oxygen atoms in total. The summed E-state index contributed by atoms with van der Waals surface area (Å²) in [6.07, 6.45) is 0. The fraction of sp³-hybridized carbons (Fsp3) is 0.222. The lowest BCUT2D eigenvalue weighted by Crippen LogP contribution is -2.31. The molecule has 0 amide bonds. The highest BCUT2D eigenvalue weighted by Crippen LogP contribution is 2.32. The van der Waals surface area contributed by atoms with Crippen LogP contribution in [0.3, 0.4) is 0 Å². The maximum absolute atomic E-state index is 12.2. The van der Waals surface area contributed by atoms with Gasteiger partial charge in [-0.3, -0.25) is 14.3 Å². The van der Waals surface area contributed by atoms with Crippen molar-refractivity contribution >= 4 is 17.0 Å². The van der Waals surface area contributed by atoms with Gasteiger partial charge < -0.3 is 14.6 Å². The number of carboxylic acids is 1. The molecule has 2 N–H and O–H groups in total. The van der Waals surface area contributed by atoms with Crippen LogP contribution >= 0.6 is 0 Å². The van der Waals surface area contributed by atoms with Crippen LogP contribution in [0.15, 0.2) is 33.9 Å². The highest BCUT2D eigenvalue weighted by Gasteiger charge is 2.19. The predicted molar refractivity (Wildman–Crippen MR) is 97.8 cm³/mol. The van der Waals surface area contributed by atoms with Crippen LogP contribution in [0, 0.1) is 0 Å². The Labute approximate surface area is 152 Å². The van der Waals surface area contributed by atoms with Crippen molar-refractivity contribution in [3.05, 3.63) is 50.7 Å². The SMILES string of the molecule is CCn1c(=O)[nH]c(=O)c2c(C(=O)O)cc(-c3ccc(OC)c(OC)c3)nc21. The van der Waals surface area contributed by atoms with Gasteiger partial charge in [0.05, 0.1) is 30.9 Å². The minimum atomic E-state index is -1.30. The van der Waals surface area contributed by atoms with Crippen molar-refractivity contribution in [3.8, 4) is 22.8 Å². The number of aromatic amines is 1. The summed E-state index contributed by atoms with van der Waals surface area (Å²) in [6, 6.07) is 6.28. The van der Waals surface area contributed by atoms with E-state index in [0.717, 1.165) is 0 Å². The van der Waals surface area contributed by atoms with Crippen LogP contribution in [-0.2, 0) is 6.54 Å². The molecule has 0 fully saturated rings. The Morgan fingerprint density at radius 1 is 1.19 bits per heavy atom. The van der Waals surface area contributed by atoms with E-state index in [1.54, 1.807) is 25.1 Å².